The van der Waals surface area contributed by atoms with Crippen molar-refractivity contribution in [3.63, 3.8) is 0 Å². The molecular formula is C76H157N7+2. The zero-order valence-electron chi connectivity index (χ0n) is 63.2. The fraction of sp³-hybridized carbons (Fsp3) is 1.00. The highest BCUT2D eigenvalue weighted by Gasteiger charge is 2.48. The van der Waals surface area contributed by atoms with Gasteiger partial charge in [0, 0.05) is 63.2 Å². The minimum absolute atomic E-state index is 0.490. The van der Waals surface area contributed by atoms with Crippen LogP contribution in [0.5, 0.6) is 0 Å². The van der Waals surface area contributed by atoms with Crippen molar-refractivity contribution in [3.05, 3.63) is 0 Å². The van der Waals surface area contributed by atoms with Crippen LogP contribution in [0, 0.1) is 84.7 Å². The Kier molecular flexibility index (Phi) is 27.6. The van der Waals surface area contributed by atoms with Gasteiger partial charge in [-0.2, -0.15) is 0 Å². The van der Waals surface area contributed by atoms with Crippen molar-refractivity contribution in [2.45, 2.75) is 273 Å². The summed E-state index contributed by atoms with van der Waals surface area (Å²) in [5.74, 6) is 6.60. The van der Waals surface area contributed by atoms with Crippen LogP contribution in [0.1, 0.15) is 256 Å². The lowest BCUT2D eigenvalue weighted by atomic mass is 9.61. The molecule has 0 aromatic heterocycles. The van der Waals surface area contributed by atoms with Gasteiger partial charge < -0.3 is 33.5 Å². The Labute approximate surface area is 524 Å². The van der Waals surface area contributed by atoms with Gasteiger partial charge >= 0.3 is 0 Å². The maximum absolute atomic E-state index is 2.59. The number of quaternary nitrogens is 2. The summed E-state index contributed by atoms with van der Waals surface area (Å²) in [6, 6.07) is 1.51. The van der Waals surface area contributed by atoms with Gasteiger partial charge in [-0.3, -0.25) is 0 Å². The molecule has 2 unspecified atom stereocenters. The van der Waals surface area contributed by atoms with E-state index in [1.165, 1.54) is 177 Å². The van der Waals surface area contributed by atoms with Gasteiger partial charge in [-0.1, -0.05) is 145 Å². The zero-order valence-corrected chi connectivity index (χ0v) is 63.2. The van der Waals surface area contributed by atoms with Crippen molar-refractivity contribution in [1.82, 2.24) is 24.5 Å². The number of piperidine rings is 3. The molecule has 7 heterocycles. The molecule has 2 aliphatic carbocycles. The summed E-state index contributed by atoms with van der Waals surface area (Å²) in [6.07, 6.45) is 21.5. The molecule has 7 aliphatic heterocycles. The molecule has 9 fully saturated rings. The summed E-state index contributed by atoms with van der Waals surface area (Å²) in [5, 5.41) is 0. The first-order valence-corrected chi connectivity index (χ1v) is 35.4. The first kappa shape index (κ1) is 77.0. The molecule has 9 aliphatic rings. The van der Waals surface area contributed by atoms with Crippen LogP contribution in [0.15, 0.2) is 0 Å². The van der Waals surface area contributed by atoms with Crippen molar-refractivity contribution in [3.8, 4) is 0 Å². The Morgan fingerprint density at radius 2 is 0.675 bits per heavy atom. The maximum atomic E-state index is 2.59. The van der Waals surface area contributed by atoms with Gasteiger partial charge in [0.2, 0.25) is 0 Å². The monoisotopic (exact) mass is 1170 g/mol. The van der Waals surface area contributed by atoms with E-state index in [0.29, 0.717) is 43.4 Å². The van der Waals surface area contributed by atoms with E-state index in [-0.39, 0.29) is 0 Å². The van der Waals surface area contributed by atoms with Crippen LogP contribution in [0.2, 0.25) is 0 Å². The standard InChI is InChI=1S/2C13H25N.C12H25N.C11H24N.C10H21N.C9H20N.C8H17N/c1-12(2,3)11-5-7-13(8-6-11)9-14(4)10-13;1-12(2,3)11-5-7-13(8-6-11)9-10-14(13)4;1-9-7-11(12(3,4)5)8-10(2)13(9)6;1-11(2,3)10-6-8-12(4,5)9-7-10;1-10(2,3)9-5-7-11(4)8-6-9;1-9(2,3)8-6-10(4,5)7-8;1-8(2,3)7-5-9(4)6-7/h2*11H,5-10H2,1-4H3;9-11H,7-8H2,1-6H3;10H,6-9H2,1-5H3;9H,5-8H2,1-4H3;8H,6-7H2,1-5H3;7H,5-6H2,1-4H3/q;;;+1;;+1;. The molecule has 0 aromatic carbocycles. The first-order chi connectivity index (χ1) is 37.3. The van der Waals surface area contributed by atoms with E-state index in [0.717, 1.165) is 58.9 Å². The van der Waals surface area contributed by atoms with Crippen molar-refractivity contribution in [1.29, 1.82) is 0 Å². The van der Waals surface area contributed by atoms with Gasteiger partial charge in [-0.15, -0.1) is 0 Å². The average molecular weight is 1170 g/mol. The highest BCUT2D eigenvalue weighted by atomic mass is 15.4. The Morgan fingerprint density at radius 3 is 0.940 bits per heavy atom. The van der Waals surface area contributed by atoms with E-state index in [9.17, 15) is 0 Å². The highest BCUT2D eigenvalue weighted by Crippen LogP contribution is 2.50. The summed E-state index contributed by atoms with van der Waals surface area (Å²) >= 11 is 0. The molecule has 0 aromatic rings. The van der Waals surface area contributed by atoms with Gasteiger partial charge in [0.15, 0.2) is 0 Å². The average Bonchev–Trinajstić information content (AvgIpc) is 3.30. The second kappa shape index (κ2) is 29.8. The van der Waals surface area contributed by atoms with Crippen LogP contribution in [-0.2, 0) is 0 Å². The Hall–Kier alpha value is -0.280. The van der Waals surface area contributed by atoms with Crippen LogP contribution in [0.4, 0.5) is 0 Å². The number of nitrogens with zero attached hydrogens (tertiary/aromatic N) is 7. The Bertz CT molecular complexity index is 1780. The van der Waals surface area contributed by atoms with Gasteiger partial charge in [0.1, 0.15) is 0 Å². The van der Waals surface area contributed by atoms with Gasteiger partial charge in [-0.25, -0.2) is 0 Å². The van der Waals surface area contributed by atoms with E-state index in [4.69, 9.17) is 0 Å². The van der Waals surface area contributed by atoms with Gasteiger partial charge in [0.05, 0.1) is 60.3 Å². The number of hydrogen-bond acceptors (Lipinski definition) is 5. The van der Waals surface area contributed by atoms with Gasteiger partial charge in [0.25, 0.3) is 0 Å². The third-order valence-electron chi connectivity index (χ3n) is 24.5. The molecule has 2 atom stereocenters. The molecule has 7 heteroatoms. The summed E-state index contributed by atoms with van der Waals surface area (Å²) < 4.78 is 2.45. The first-order valence-electron chi connectivity index (χ1n) is 35.4. The Morgan fingerprint density at radius 1 is 0.337 bits per heavy atom. The largest absolute Gasteiger partial charge is 0.328 e. The predicted octanol–water partition coefficient (Wildman–Crippen LogP) is 17.8. The van der Waals surface area contributed by atoms with Crippen LogP contribution < -0.4 is 0 Å². The fourth-order valence-electron chi connectivity index (χ4n) is 16.2. The third-order valence-corrected chi connectivity index (χ3v) is 24.5. The molecule has 0 N–H and O–H groups in total. The van der Waals surface area contributed by atoms with Crippen molar-refractivity contribution >= 4 is 0 Å². The molecule has 83 heavy (non-hydrogen) atoms. The van der Waals surface area contributed by atoms with Crippen molar-refractivity contribution in [2.24, 2.45) is 84.7 Å². The van der Waals surface area contributed by atoms with E-state index in [2.05, 4.69) is 247 Å². The third kappa shape index (κ3) is 25.1. The van der Waals surface area contributed by atoms with Crippen LogP contribution in [0.3, 0.4) is 0 Å². The molecule has 7 saturated heterocycles. The van der Waals surface area contributed by atoms with Crippen LogP contribution in [0.25, 0.3) is 0 Å². The molecular weight excluding hydrogens is 1010 g/mol. The molecule has 2 spiro atoms. The zero-order chi connectivity index (χ0) is 64.0. The molecule has 0 amide bonds. The van der Waals surface area contributed by atoms with E-state index in [1.807, 2.05) is 0 Å². The maximum Gasteiger partial charge on any atom is 0.0870 e. The minimum atomic E-state index is 0.490. The summed E-state index contributed by atoms with van der Waals surface area (Å²) in [5.41, 5.74) is 5.07. The lowest BCUT2D eigenvalue weighted by Crippen LogP contribution is -2.61. The highest BCUT2D eigenvalue weighted by molar-refractivity contribution is 5.02. The molecule has 494 valence electrons. The van der Waals surface area contributed by atoms with Crippen LogP contribution in [-0.4, -0.2) is 187 Å². The molecule has 0 bridgehead atoms. The molecule has 2 saturated carbocycles. The molecule has 9 rings (SSSR count). The van der Waals surface area contributed by atoms with Gasteiger partial charge in [-0.05, 0) is 224 Å². The molecule has 0 radical (unpaired) electrons. The SMILES string of the molecule is CC(C)(C)C1CC[N+](C)(C)CC1.CC(C)(C)C1C[N+](C)(C)C1.CC1CC(C(C)(C)C)CC(C)N1C.CN1CC(C(C)(C)C)C1.CN1CC2(CCC(C(C)(C)C)CC2)C1.CN1CCC(C(C)(C)C)CC1.CN1CCC12CCC(C(C)(C)C)CC2. The van der Waals surface area contributed by atoms with Crippen molar-refractivity contribution < 1.29 is 8.97 Å². The lowest BCUT2D eigenvalue weighted by molar-refractivity contribution is -0.941. The Balaban J connectivity index is 0.000000255. The minimum Gasteiger partial charge on any atom is -0.328 e. The summed E-state index contributed by atoms with van der Waals surface area (Å²) in [4.78, 5) is 12.4. The number of rotatable bonds is 0. The quantitative estimate of drug-likeness (QED) is 0.224. The second-order valence-electron chi connectivity index (χ2n) is 39.9. The van der Waals surface area contributed by atoms with E-state index >= 15 is 0 Å². The van der Waals surface area contributed by atoms with Crippen LogP contribution >= 0.6 is 0 Å². The normalized spacial score (nSPS) is 28.4. The summed E-state index contributed by atoms with van der Waals surface area (Å²) in [6.45, 7) is 69.2. The lowest BCUT2D eigenvalue weighted by Gasteiger charge is -2.56. The predicted molar refractivity (Wildman–Crippen MR) is 371 cm³/mol. The van der Waals surface area contributed by atoms with E-state index < -0.39 is 0 Å². The second-order valence-corrected chi connectivity index (χ2v) is 39.9. The van der Waals surface area contributed by atoms with E-state index in [1.54, 1.807) is 0 Å². The fourth-order valence-corrected chi connectivity index (χ4v) is 16.2. The number of likely N-dealkylation sites (tertiary alicyclic amines) is 7. The number of hydrogen-bond donors (Lipinski definition) is 0. The summed E-state index contributed by atoms with van der Waals surface area (Å²) in [7, 11) is 20.5. The van der Waals surface area contributed by atoms with Crippen molar-refractivity contribution in [2.75, 3.05) is 135 Å². The molecule has 7 nitrogen and oxygen atoms in total. The smallest absolute Gasteiger partial charge is 0.0870 e. The topological polar surface area (TPSA) is 16.2 Å².